The number of nitrogens with one attached hydrogen (secondary N) is 1. The van der Waals surface area contributed by atoms with E-state index in [4.69, 9.17) is 4.98 Å². The molecule has 2 aromatic carbocycles. The summed E-state index contributed by atoms with van der Waals surface area (Å²) in [5, 5.41) is 3.66. The van der Waals surface area contributed by atoms with E-state index in [9.17, 15) is 9.59 Å². The number of ketones is 1. The summed E-state index contributed by atoms with van der Waals surface area (Å²) in [6, 6.07) is 22.4. The Kier molecular flexibility index (Phi) is 7.39. The molecule has 0 saturated heterocycles. The average molecular weight is 464 g/mol. The number of fused-ring (bicyclic) bond motifs is 1. The highest BCUT2D eigenvalue weighted by Crippen LogP contribution is 2.26. The Morgan fingerprint density at radius 2 is 1.78 bits per heavy atom. The van der Waals surface area contributed by atoms with Gasteiger partial charge in [0.2, 0.25) is 5.91 Å². The van der Waals surface area contributed by atoms with Crippen LogP contribution in [0.2, 0.25) is 0 Å². The van der Waals surface area contributed by atoms with Crippen LogP contribution in [0.3, 0.4) is 0 Å². The Morgan fingerprint density at radius 1 is 1.00 bits per heavy atom. The quantitative estimate of drug-likeness (QED) is 0.266. The third kappa shape index (κ3) is 5.66. The van der Waals surface area contributed by atoms with E-state index in [0.29, 0.717) is 12.3 Å². The maximum absolute atomic E-state index is 12.8. The van der Waals surface area contributed by atoms with E-state index in [1.807, 2.05) is 36.4 Å². The normalized spacial score (nSPS) is 11.0. The number of thioether (sulfide) groups is 1. The lowest BCUT2D eigenvalue weighted by Gasteiger charge is -2.09. The number of aromatic nitrogens is 2. The zero-order valence-corrected chi connectivity index (χ0v) is 19.5. The van der Waals surface area contributed by atoms with E-state index in [0.717, 1.165) is 45.3 Å². The van der Waals surface area contributed by atoms with Gasteiger partial charge in [0, 0.05) is 24.9 Å². The highest BCUT2D eigenvalue weighted by molar-refractivity contribution is 7.99. The number of carbonyl (C=O) groups is 2. The van der Waals surface area contributed by atoms with Crippen LogP contribution in [-0.4, -0.2) is 33.5 Å². The van der Waals surface area contributed by atoms with Crippen molar-refractivity contribution in [2.45, 2.75) is 31.5 Å². The average Bonchev–Trinajstić information content (AvgIpc) is 3.41. The minimum Gasteiger partial charge on any atom is -0.356 e. The molecule has 0 bridgehead atoms. The molecule has 2 aromatic heterocycles. The Hall–Kier alpha value is -2.90. The zero-order valence-electron chi connectivity index (χ0n) is 17.9. The molecule has 164 valence electrons. The molecular formula is C25H25N3O2S2. The first-order chi connectivity index (χ1) is 15.6. The van der Waals surface area contributed by atoms with Gasteiger partial charge in [-0.15, -0.1) is 11.3 Å². The van der Waals surface area contributed by atoms with Crippen molar-refractivity contribution >= 4 is 45.8 Å². The Balaban J connectivity index is 1.43. The SMILES string of the molecule is CC(=O)NCCc1ccc(C(=O)CSc2nc3ccccc3n2CCc2ccccc2)s1. The van der Waals surface area contributed by atoms with Crippen molar-refractivity contribution in [3.05, 3.63) is 82.0 Å². The van der Waals surface area contributed by atoms with Crippen LogP contribution in [0.1, 0.15) is 27.0 Å². The van der Waals surface area contributed by atoms with E-state index >= 15 is 0 Å². The fourth-order valence-corrected chi connectivity index (χ4v) is 5.45. The molecular weight excluding hydrogens is 438 g/mol. The summed E-state index contributed by atoms with van der Waals surface area (Å²) in [7, 11) is 0. The minimum atomic E-state index is -0.0376. The number of rotatable bonds is 10. The van der Waals surface area contributed by atoms with Gasteiger partial charge in [0.25, 0.3) is 0 Å². The smallest absolute Gasteiger partial charge is 0.216 e. The maximum Gasteiger partial charge on any atom is 0.216 e. The number of imidazole rings is 1. The molecule has 0 aliphatic heterocycles. The molecule has 7 heteroatoms. The number of amides is 1. The van der Waals surface area contributed by atoms with E-state index < -0.39 is 0 Å². The molecule has 0 atom stereocenters. The van der Waals surface area contributed by atoms with Gasteiger partial charge >= 0.3 is 0 Å². The Bertz CT molecular complexity index is 1210. The van der Waals surface area contributed by atoms with Gasteiger partial charge in [-0.1, -0.05) is 54.2 Å². The van der Waals surface area contributed by atoms with Crippen LogP contribution in [-0.2, 0) is 24.2 Å². The lowest BCUT2D eigenvalue weighted by atomic mass is 10.1. The molecule has 0 radical (unpaired) electrons. The number of benzene rings is 2. The molecule has 1 amide bonds. The van der Waals surface area contributed by atoms with Crippen LogP contribution in [0.25, 0.3) is 11.0 Å². The minimum absolute atomic E-state index is 0.0376. The maximum atomic E-state index is 12.8. The number of hydrogen-bond donors (Lipinski definition) is 1. The van der Waals surface area contributed by atoms with Gasteiger partial charge in [-0.25, -0.2) is 4.98 Å². The van der Waals surface area contributed by atoms with Gasteiger partial charge in [-0.2, -0.15) is 0 Å². The molecule has 4 aromatic rings. The molecule has 32 heavy (non-hydrogen) atoms. The van der Waals surface area contributed by atoms with Gasteiger partial charge in [-0.05, 0) is 42.7 Å². The second-order valence-corrected chi connectivity index (χ2v) is 9.59. The Morgan fingerprint density at radius 3 is 2.59 bits per heavy atom. The summed E-state index contributed by atoms with van der Waals surface area (Å²) in [5.41, 5.74) is 3.32. The number of nitrogens with zero attached hydrogens (tertiary/aromatic N) is 2. The van der Waals surface area contributed by atoms with Crippen molar-refractivity contribution in [3.8, 4) is 0 Å². The lowest BCUT2D eigenvalue weighted by molar-refractivity contribution is -0.118. The molecule has 4 rings (SSSR count). The summed E-state index contributed by atoms with van der Waals surface area (Å²) in [4.78, 5) is 30.5. The first kappa shape index (κ1) is 22.3. The van der Waals surface area contributed by atoms with Crippen LogP contribution >= 0.6 is 23.1 Å². The van der Waals surface area contributed by atoms with E-state index in [1.165, 1.54) is 35.6 Å². The van der Waals surface area contributed by atoms with E-state index in [2.05, 4.69) is 40.2 Å². The summed E-state index contributed by atoms with van der Waals surface area (Å²) in [6.07, 6.45) is 1.64. The topological polar surface area (TPSA) is 64.0 Å². The third-order valence-electron chi connectivity index (χ3n) is 5.10. The van der Waals surface area contributed by atoms with Gasteiger partial charge in [-0.3, -0.25) is 9.59 Å². The van der Waals surface area contributed by atoms with Crippen molar-refractivity contribution in [2.24, 2.45) is 0 Å². The number of hydrogen-bond acceptors (Lipinski definition) is 5. The third-order valence-corrected chi connectivity index (χ3v) is 7.26. The molecule has 0 unspecified atom stereocenters. The van der Waals surface area contributed by atoms with Crippen molar-refractivity contribution < 1.29 is 9.59 Å². The molecule has 2 heterocycles. The predicted octanol–water partition coefficient (Wildman–Crippen LogP) is 4.99. The molecule has 1 N–H and O–H groups in total. The highest BCUT2D eigenvalue weighted by atomic mass is 32.2. The predicted molar refractivity (Wildman–Crippen MR) is 132 cm³/mol. The molecule has 0 fully saturated rings. The van der Waals surface area contributed by atoms with Crippen LogP contribution in [0.15, 0.2) is 71.9 Å². The largest absolute Gasteiger partial charge is 0.356 e. The monoisotopic (exact) mass is 463 g/mol. The molecule has 0 aliphatic carbocycles. The fraction of sp³-hybridized carbons (Fsp3) is 0.240. The van der Waals surface area contributed by atoms with Crippen LogP contribution in [0.4, 0.5) is 0 Å². The van der Waals surface area contributed by atoms with Gasteiger partial charge in [0.05, 0.1) is 21.7 Å². The number of carbonyl (C=O) groups excluding carboxylic acids is 2. The summed E-state index contributed by atoms with van der Waals surface area (Å²) in [5.74, 6) is 0.414. The van der Waals surface area contributed by atoms with E-state index in [-0.39, 0.29) is 11.7 Å². The fourth-order valence-electron chi connectivity index (χ4n) is 3.49. The van der Waals surface area contributed by atoms with Crippen molar-refractivity contribution in [3.63, 3.8) is 0 Å². The van der Waals surface area contributed by atoms with Crippen molar-refractivity contribution in [1.82, 2.24) is 14.9 Å². The number of aryl methyl sites for hydroxylation is 2. The summed E-state index contributed by atoms with van der Waals surface area (Å²) < 4.78 is 2.22. The molecule has 0 saturated carbocycles. The summed E-state index contributed by atoms with van der Waals surface area (Å²) in [6.45, 7) is 2.91. The van der Waals surface area contributed by atoms with Crippen LogP contribution in [0.5, 0.6) is 0 Å². The number of thiophene rings is 1. The van der Waals surface area contributed by atoms with Crippen LogP contribution in [0, 0.1) is 0 Å². The van der Waals surface area contributed by atoms with Gasteiger partial charge < -0.3 is 9.88 Å². The van der Waals surface area contributed by atoms with Crippen LogP contribution < -0.4 is 5.32 Å². The van der Waals surface area contributed by atoms with E-state index in [1.54, 1.807) is 0 Å². The number of Topliss-reactive ketones (excluding diaryl/α,β-unsaturated/α-hetero) is 1. The molecule has 0 aliphatic rings. The highest BCUT2D eigenvalue weighted by Gasteiger charge is 2.15. The first-order valence-corrected chi connectivity index (χ1v) is 12.4. The molecule has 5 nitrogen and oxygen atoms in total. The molecule has 0 spiro atoms. The lowest BCUT2D eigenvalue weighted by Crippen LogP contribution is -2.22. The van der Waals surface area contributed by atoms with Gasteiger partial charge in [0.15, 0.2) is 10.9 Å². The van der Waals surface area contributed by atoms with Crippen molar-refractivity contribution in [1.29, 1.82) is 0 Å². The standard InChI is InChI=1S/C25H25N3O2S2/c1-18(29)26-15-13-20-11-12-24(32-20)23(30)17-31-25-27-21-9-5-6-10-22(21)28(25)16-14-19-7-3-2-4-8-19/h2-12H,13-17H2,1H3,(H,26,29). The second kappa shape index (κ2) is 10.6. The first-order valence-electron chi connectivity index (χ1n) is 10.6. The van der Waals surface area contributed by atoms with Gasteiger partial charge in [0.1, 0.15) is 0 Å². The Labute approximate surface area is 195 Å². The number of para-hydroxylation sites is 2. The second-order valence-electron chi connectivity index (χ2n) is 7.48. The zero-order chi connectivity index (χ0) is 22.3. The summed E-state index contributed by atoms with van der Waals surface area (Å²) >= 11 is 3.00. The van der Waals surface area contributed by atoms with Crippen molar-refractivity contribution in [2.75, 3.05) is 12.3 Å².